The lowest BCUT2D eigenvalue weighted by Crippen LogP contribution is -2.39. The number of carbonyl (C=O) groups excluding carboxylic acids is 1. The molecule has 0 bridgehead atoms. The van der Waals surface area contributed by atoms with Gasteiger partial charge in [0.25, 0.3) is 0 Å². The van der Waals surface area contributed by atoms with Crippen molar-refractivity contribution in [1.82, 2.24) is 4.72 Å². The van der Waals surface area contributed by atoms with Crippen molar-refractivity contribution < 1.29 is 17.9 Å². The van der Waals surface area contributed by atoms with Gasteiger partial charge in [-0.25, -0.2) is 8.42 Å². The Balaban J connectivity index is 2.95. The van der Waals surface area contributed by atoms with Crippen molar-refractivity contribution in [2.24, 2.45) is 0 Å². The van der Waals surface area contributed by atoms with Crippen molar-refractivity contribution in [1.29, 1.82) is 0 Å². The van der Waals surface area contributed by atoms with E-state index >= 15 is 0 Å². The van der Waals surface area contributed by atoms with E-state index in [1.165, 1.54) is 19.1 Å². The molecule has 0 fully saturated rings. The topological polar surface area (TPSA) is 98.5 Å². The lowest BCUT2D eigenvalue weighted by molar-refractivity contribution is -0.144. The number of nitrogens with one attached hydrogen (secondary N) is 1. The Morgan fingerprint density at radius 3 is 2.58 bits per heavy atom. The maximum atomic E-state index is 12.1. The Hall–Kier alpha value is -1.60. The Labute approximate surface area is 113 Å². The molecule has 0 aromatic heterocycles. The van der Waals surface area contributed by atoms with Crippen LogP contribution in [-0.2, 0) is 19.6 Å². The zero-order chi connectivity index (χ0) is 14.6. The lowest BCUT2D eigenvalue weighted by atomic mass is 10.2. The number of carbonyl (C=O) groups is 1. The summed E-state index contributed by atoms with van der Waals surface area (Å²) in [5.74, 6) is -0.619. The number of benzene rings is 1. The summed E-state index contributed by atoms with van der Waals surface area (Å²) in [6.07, 6.45) is 0. The molecule has 0 saturated heterocycles. The highest BCUT2D eigenvalue weighted by atomic mass is 32.2. The van der Waals surface area contributed by atoms with E-state index < -0.39 is 22.0 Å². The third-order valence-corrected chi connectivity index (χ3v) is 3.88. The first-order valence-corrected chi connectivity index (χ1v) is 7.30. The summed E-state index contributed by atoms with van der Waals surface area (Å²) in [5.41, 5.74) is 6.69. The first-order chi connectivity index (χ1) is 8.76. The molecule has 6 nitrogen and oxygen atoms in total. The van der Waals surface area contributed by atoms with Crippen molar-refractivity contribution >= 4 is 21.7 Å². The van der Waals surface area contributed by atoms with Gasteiger partial charge in [-0.1, -0.05) is 0 Å². The molecule has 0 aliphatic rings. The molecule has 19 heavy (non-hydrogen) atoms. The van der Waals surface area contributed by atoms with Crippen LogP contribution in [0.1, 0.15) is 19.4 Å². The smallest absolute Gasteiger partial charge is 0.323 e. The van der Waals surface area contributed by atoms with Crippen molar-refractivity contribution in [3.63, 3.8) is 0 Å². The molecule has 1 aromatic carbocycles. The minimum Gasteiger partial charge on any atom is -0.465 e. The number of rotatable bonds is 5. The first kappa shape index (κ1) is 15.5. The second kappa shape index (κ2) is 6.03. The standard InChI is InChI=1S/C12H18N2O4S/c1-4-18-12(15)9(3)14-19(16,17)11-6-8(2)5-10(13)7-11/h5-7,9,14H,4,13H2,1-3H3. The lowest BCUT2D eigenvalue weighted by Gasteiger charge is -2.13. The molecule has 0 radical (unpaired) electrons. The fraction of sp³-hybridized carbons (Fsp3) is 0.417. The first-order valence-electron chi connectivity index (χ1n) is 5.82. The predicted molar refractivity (Wildman–Crippen MR) is 72.0 cm³/mol. The minimum absolute atomic E-state index is 0.0288. The van der Waals surface area contributed by atoms with Gasteiger partial charge in [-0.2, -0.15) is 4.72 Å². The summed E-state index contributed by atoms with van der Waals surface area (Å²) in [4.78, 5) is 11.4. The molecule has 0 heterocycles. The number of hydrogen-bond acceptors (Lipinski definition) is 5. The second-order valence-corrected chi connectivity index (χ2v) is 5.89. The van der Waals surface area contributed by atoms with Gasteiger partial charge >= 0.3 is 5.97 Å². The van der Waals surface area contributed by atoms with Crippen LogP contribution < -0.4 is 10.5 Å². The van der Waals surface area contributed by atoms with Crippen LogP contribution >= 0.6 is 0 Å². The molecule has 7 heteroatoms. The molecule has 1 rings (SSSR count). The van der Waals surface area contributed by atoms with E-state index in [2.05, 4.69) is 4.72 Å². The van der Waals surface area contributed by atoms with E-state index in [0.29, 0.717) is 5.69 Å². The SMILES string of the molecule is CCOC(=O)C(C)NS(=O)(=O)c1cc(C)cc(N)c1. The monoisotopic (exact) mass is 286 g/mol. The minimum atomic E-state index is -3.80. The van der Waals surface area contributed by atoms with Crippen LogP contribution in [0.15, 0.2) is 23.1 Å². The van der Waals surface area contributed by atoms with Crippen LogP contribution in [0.5, 0.6) is 0 Å². The third kappa shape index (κ3) is 4.22. The molecule has 0 spiro atoms. The van der Waals surface area contributed by atoms with Crippen molar-refractivity contribution in [3.05, 3.63) is 23.8 Å². The van der Waals surface area contributed by atoms with E-state index in [1.807, 2.05) is 0 Å². The molecule has 0 amide bonds. The molecule has 0 saturated carbocycles. The summed E-state index contributed by atoms with van der Waals surface area (Å²) in [6, 6.07) is 3.53. The molecule has 1 unspecified atom stereocenters. The number of nitrogens with two attached hydrogens (primary N) is 1. The second-order valence-electron chi connectivity index (χ2n) is 4.17. The van der Waals surface area contributed by atoms with Gasteiger partial charge in [0.2, 0.25) is 10.0 Å². The highest BCUT2D eigenvalue weighted by Crippen LogP contribution is 2.16. The van der Waals surface area contributed by atoms with Gasteiger partial charge < -0.3 is 10.5 Å². The Kier molecular flexibility index (Phi) is 4.90. The number of aryl methyl sites for hydroxylation is 1. The highest BCUT2D eigenvalue weighted by Gasteiger charge is 2.23. The normalized spacial score (nSPS) is 13.0. The quantitative estimate of drug-likeness (QED) is 0.616. The van der Waals surface area contributed by atoms with E-state index in [9.17, 15) is 13.2 Å². The molecule has 106 valence electrons. The molecular formula is C12H18N2O4S. The van der Waals surface area contributed by atoms with E-state index in [-0.39, 0.29) is 11.5 Å². The fourth-order valence-electron chi connectivity index (χ4n) is 1.55. The summed E-state index contributed by atoms with van der Waals surface area (Å²) < 4.78 is 31.2. The van der Waals surface area contributed by atoms with Gasteiger partial charge in [-0.3, -0.25) is 4.79 Å². The molecule has 0 aliphatic heterocycles. The Morgan fingerprint density at radius 1 is 1.42 bits per heavy atom. The summed E-state index contributed by atoms with van der Waals surface area (Å²) in [5, 5.41) is 0. The molecular weight excluding hydrogens is 268 g/mol. The van der Waals surface area contributed by atoms with Crippen LogP contribution in [0.25, 0.3) is 0 Å². The summed E-state index contributed by atoms with van der Waals surface area (Å²) in [7, 11) is -3.80. The summed E-state index contributed by atoms with van der Waals surface area (Å²) in [6.45, 7) is 5.02. The van der Waals surface area contributed by atoms with Crippen LogP contribution in [0, 0.1) is 6.92 Å². The van der Waals surface area contributed by atoms with Crippen molar-refractivity contribution in [2.75, 3.05) is 12.3 Å². The van der Waals surface area contributed by atoms with E-state index in [4.69, 9.17) is 10.5 Å². The molecule has 0 aliphatic carbocycles. The third-order valence-electron chi connectivity index (χ3n) is 2.36. The number of anilines is 1. The molecule has 3 N–H and O–H groups in total. The maximum Gasteiger partial charge on any atom is 0.323 e. The average molecular weight is 286 g/mol. The molecule has 1 aromatic rings. The van der Waals surface area contributed by atoms with Gasteiger partial charge in [-0.05, 0) is 44.5 Å². The van der Waals surface area contributed by atoms with Gasteiger partial charge in [-0.15, -0.1) is 0 Å². The largest absolute Gasteiger partial charge is 0.465 e. The predicted octanol–water partition coefficient (Wildman–Crippen LogP) is 0.807. The Bertz CT molecular complexity index is 549. The van der Waals surface area contributed by atoms with E-state index in [1.54, 1.807) is 19.9 Å². The van der Waals surface area contributed by atoms with Gasteiger partial charge in [0.1, 0.15) is 6.04 Å². The average Bonchev–Trinajstić information content (AvgIpc) is 2.27. The number of esters is 1. The zero-order valence-corrected chi connectivity index (χ0v) is 12.0. The van der Waals surface area contributed by atoms with Crippen LogP contribution in [0.4, 0.5) is 5.69 Å². The van der Waals surface area contributed by atoms with E-state index in [0.717, 1.165) is 5.56 Å². The zero-order valence-electron chi connectivity index (χ0n) is 11.1. The molecule has 1 atom stereocenters. The van der Waals surface area contributed by atoms with Gasteiger partial charge in [0.15, 0.2) is 0 Å². The maximum absolute atomic E-state index is 12.1. The number of hydrogen-bond donors (Lipinski definition) is 2. The van der Waals surface area contributed by atoms with Crippen LogP contribution in [0.3, 0.4) is 0 Å². The van der Waals surface area contributed by atoms with Crippen LogP contribution in [0.2, 0.25) is 0 Å². The number of ether oxygens (including phenoxy) is 1. The number of sulfonamides is 1. The van der Waals surface area contributed by atoms with Gasteiger partial charge in [0.05, 0.1) is 11.5 Å². The van der Waals surface area contributed by atoms with Crippen molar-refractivity contribution in [2.45, 2.75) is 31.7 Å². The summed E-state index contributed by atoms with van der Waals surface area (Å²) >= 11 is 0. The highest BCUT2D eigenvalue weighted by molar-refractivity contribution is 7.89. The van der Waals surface area contributed by atoms with Gasteiger partial charge in [0, 0.05) is 5.69 Å². The van der Waals surface area contributed by atoms with Crippen molar-refractivity contribution in [3.8, 4) is 0 Å². The Morgan fingerprint density at radius 2 is 2.05 bits per heavy atom. The fourth-order valence-corrected chi connectivity index (χ4v) is 2.88. The number of nitrogen functional groups attached to an aromatic ring is 1. The van der Waals surface area contributed by atoms with Crippen LogP contribution in [-0.4, -0.2) is 27.0 Å².